The van der Waals surface area contributed by atoms with Gasteiger partial charge < -0.3 is 10.1 Å². The van der Waals surface area contributed by atoms with Gasteiger partial charge in [0.2, 0.25) is 0 Å². The first-order chi connectivity index (χ1) is 13.5. The number of fused-ring (bicyclic) bond motifs is 2. The zero-order valence-electron chi connectivity index (χ0n) is 15.5. The zero-order chi connectivity index (χ0) is 19.5. The van der Waals surface area contributed by atoms with Crippen molar-refractivity contribution in [2.75, 3.05) is 4.90 Å². The van der Waals surface area contributed by atoms with Crippen LogP contribution >= 0.6 is 0 Å². The van der Waals surface area contributed by atoms with Crippen molar-refractivity contribution < 1.29 is 9.90 Å². The van der Waals surface area contributed by atoms with E-state index in [-0.39, 0.29) is 5.91 Å². The van der Waals surface area contributed by atoms with Crippen molar-refractivity contribution in [3.63, 3.8) is 0 Å². The molecule has 0 spiro atoms. The summed E-state index contributed by atoms with van der Waals surface area (Å²) < 4.78 is 0. The molecule has 0 saturated heterocycles. The summed E-state index contributed by atoms with van der Waals surface area (Å²) in [5, 5.41) is 12.1. The summed E-state index contributed by atoms with van der Waals surface area (Å²) in [6.07, 6.45) is 2.72. The Balaban J connectivity index is 1.82. The first-order valence-corrected chi connectivity index (χ1v) is 9.10. The number of imidazole rings is 1. The van der Waals surface area contributed by atoms with Crippen molar-refractivity contribution in [3.8, 4) is 0 Å². The molecule has 2 N–H and O–H groups in total. The number of benzene rings is 3. The second-order valence-corrected chi connectivity index (χ2v) is 7.23. The fraction of sp³-hybridized carbons (Fsp3) is 0.130. The molecular weight excluding hydrogens is 350 g/mol. The molecule has 1 unspecified atom stereocenters. The molecule has 1 aliphatic heterocycles. The molecular formula is C23H18N3O2. The SMILES string of the molecule is Cc1ccc(C)c(N2C(=O)c3ccccc3C2(O)c2ccc3[nH][c]nc3c2)c1. The van der Waals surface area contributed by atoms with Gasteiger partial charge >= 0.3 is 0 Å². The fourth-order valence-corrected chi connectivity index (χ4v) is 3.99. The maximum absolute atomic E-state index is 13.4. The minimum Gasteiger partial charge on any atom is -0.363 e. The van der Waals surface area contributed by atoms with E-state index in [4.69, 9.17) is 0 Å². The van der Waals surface area contributed by atoms with Crippen molar-refractivity contribution in [1.82, 2.24) is 9.97 Å². The quantitative estimate of drug-likeness (QED) is 0.565. The smallest absolute Gasteiger partial charge is 0.261 e. The van der Waals surface area contributed by atoms with Gasteiger partial charge in [-0.1, -0.05) is 36.4 Å². The molecule has 1 aromatic heterocycles. The van der Waals surface area contributed by atoms with Crippen LogP contribution in [0.5, 0.6) is 0 Å². The summed E-state index contributed by atoms with van der Waals surface area (Å²) >= 11 is 0. The van der Waals surface area contributed by atoms with Crippen LogP contribution in [0.3, 0.4) is 0 Å². The van der Waals surface area contributed by atoms with E-state index < -0.39 is 5.72 Å². The Labute approximate surface area is 162 Å². The van der Waals surface area contributed by atoms with Crippen LogP contribution in [0.1, 0.15) is 32.6 Å². The number of aliphatic hydroxyl groups is 1. The zero-order valence-corrected chi connectivity index (χ0v) is 15.5. The van der Waals surface area contributed by atoms with Gasteiger partial charge in [0.05, 0.1) is 16.7 Å². The topological polar surface area (TPSA) is 69.2 Å². The molecule has 1 amide bonds. The number of rotatable bonds is 2. The molecule has 137 valence electrons. The van der Waals surface area contributed by atoms with Crippen LogP contribution in [-0.4, -0.2) is 21.0 Å². The minimum absolute atomic E-state index is 0.222. The van der Waals surface area contributed by atoms with E-state index in [0.29, 0.717) is 27.9 Å². The monoisotopic (exact) mass is 368 g/mol. The van der Waals surface area contributed by atoms with Crippen molar-refractivity contribution in [2.45, 2.75) is 19.6 Å². The molecule has 0 bridgehead atoms. The second kappa shape index (κ2) is 5.78. The lowest BCUT2D eigenvalue weighted by Gasteiger charge is -2.35. The van der Waals surface area contributed by atoms with Crippen LogP contribution < -0.4 is 4.90 Å². The number of aromatic amines is 1. The van der Waals surface area contributed by atoms with Gasteiger partial charge in [0.1, 0.15) is 0 Å². The van der Waals surface area contributed by atoms with E-state index in [1.807, 2.05) is 56.3 Å². The maximum Gasteiger partial charge on any atom is 0.261 e. The largest absolute Gasteiger partial charge is 0.363 e. The van der Waals surface area contributed by atoms with Gasteiger partial charge in [-0.05, 0) is 49.2 Å². The molecule has 28 heavy (non-hydrogen) atoms. The van der Waals surface area contributed by atoms with Crippen LogP contribution in [0.2, 0.25) is 0 Å². The third kappa shape index (κ3) is 2.17. The predicted octanol–water partition coefficient (Wildman–Crippen LogP) is 3.83. The average Bonchev–Trinajstić information content (AvgIpc) is 3.26. The Morgan fingerprint density at radius 3 is 2.75 bits per heavy atom. The Bertz CT molecular complexity index is 1240. The third-order valence-corrected chi connectivity index (χ3v) is 5.43. The average molecular weight is 368 g/mol. The standard InChI is InChI=1S/C23H18N3O2/c1-14-7-8-15(2)21(11-14)26-22(27)17-5-3-4-6-18(17)23(26,28)16-9-10-19-20(12-16)25-13-24-19/h3-12,28H,1-2H3,(H,24,25). The lowest BCUT2D eigenvalue weighted by Crippen LogP contribution is -2.45. The number of amides is 1. The van der Waals surface area contributed by atoms with Crippen molar-refractivity contribution in [2.24, 2.45) is 0 Å². The van der Waals surface area contributed by atoms with E-state index in [2.05, 4.69) is 16.3 Å². The van der Waals surface area contributed by atoms with Gasteiger partial charge in [-0.25, -0.2) is 4.98 Å². The Hall–Kier alpha value is -3.44. The lowest BCUT2D eigenvalue weighted by atomic mass is 9.93. The number of hydrogen-bond acceptors (Lipinski definition) is 3. The number of anilines is 1. The molecule has 0 saturated carbocycles. The van der Waals surface area contributed by atoms with Gasteiger partial charge in [0, 0.05) is 16.7 Å². The summed E-state index contributed by atoms with van der Waals surface area (Å²) in [5.74, 6) is -0.222. The first kappa shape index (κ1) is 16.7. The Morgan fingerprint density at radius 2 is 1.89 bits per heavy atom. The molecule has 1 radical (unpaired) electrons. The second-order valence-electron chi connectivity index (χ2n) is 7.23. The van der Waals surface area contributed by atoms with Gasteiger partial charge in [0.15, 0.2) is 12.1 Å². The van der Waals surface area contributed by atoms with Crippen LogP contribution in [-0.2, 0) is 5.72 Å². The van der Waals surface area contributed by atoms with Crippen LogP contribution in [0.25, 0.3) is 11.0 Å². The normalized spacial score (nSPS) is 18.7. The maximum atomic E-state index is 13.4. The highest BCUT2D eigenvalue weighted by atomic mass is 16.3. The number of nitrogens with zero attached hydrogens (tertiary/aromatic N) is 2. The minimum atomic E-state index is -1.63. The molecule has 0 fully saturated rings. The van der Waals surface area contributed by atoms with Crippen molar-refractivity contribution >= 4 is 22.6 Å². The number of hydrogen-bond donors (Lipinski definition) is 2. The molecule has 5 heteroatoms. The van der Waals surface area contributed by atoms with E-state index in [1.54, 1.807) is 18.2 Å². The molecule has 0 aliphatic carbocycles. The number of nitrogens with one attached hydrogen (secondary N) is 1. The van der Waals surface area contributed by atoms with Crippen LogP contribution in [0.15, 0.2) is 60.7 Å². The molecule has 5 nitrogen and oxygen atoms in total. The highest BCUT2D eigenvalue weighted by Gasteiger charge is 2.51. The molecule has 2 heterocycles. The van der Waals surface area contributed by atoms with Gasteiger partial charge in [0.25, 0.3) is 5.91 Å². The summed E-state index contributed by atoms with van der Waals surface area (Å²) in [6, 6.07) is 18.6. The number of carbonyl (C=O) groups excluding carboxylic acids is 1. The number of aromatic nitrogens is 2. The summed E-state index contributed by atoms with van der Waals surface area (Å²) in [6.45, 7) is 3.92. The molecule has 3 aromatic carbocycles. The number of aryl methyl sites for hydroxylation is 2. The highest BCUT2D eigenvalue weighted by Crippen LogP contribution is 2.46. The van der Waals surface area contributed by atoms with E-state index >= 15 is 0 Å². The fourth-order valence-electron chi connectivity index (χ4n) is 3.99. The predicted molar refractivity (Wildman–Crippen MR) is 107 cm³/mol. The molecule has 1 aliphatic rings. The number of carbonyl (C=O) groups is 1. The molecule has 1 atom stereocenters. The van der Waals surface area contributed by atoms with E-state index in [1.165, 1.54) is 4.90 Å². The van der Waals surface area contributed by atoms with Crippen molar-refractivity contribution in [1.29, 1.82) is 0 Å². The van der Waals surface area contributed by atoms with Gasteiger partial charge in [-0.2, -0.15) is 0 Å². The molecule has 4 aromatic rings. The third-order valence-electron chi connectivity index (χ3n) is 5.43. The van der Waals surface area contributed by atoms with E-state index in [0.717, 1.165) is 16.6 Å². The molecule has 5 rings (SSSR count). The van der Waals surface area contributed by atoms with Gasteiger partial charge in [-0.3, -0.25) is 9.69 Å². The summed E-state index contributed by atoms with van der Waals surface area (Å²) in [7, 11) is 0. The van der Waals surface area contributed by atoms with Gasteiger partial charge in [-0.15, -0.1) is 0 Å². The van der Waals surface area contributed by atoms with Crippen LogP contribution in [0.4, 0.5) is 5.69 Å². The summed E-state index contributed by atoms with van der Waals surface area (Å²) in [5.41, 5.74) is 4.16. The lowest BCUT2D eigenvalue weighted by molar-refractivity contribution is 0.0703. The van der Waals surface area contributed by atoms with E-state index in [9.17, 15) is 9.90 Å². The Morgan fingerprint density at radius 1 is 1.07 bits per heavy atom. The summed E-state index contributed by atoms with van der Waals surface area (Å²) in [4.78, 5) is 22.0. The number of H-pyrrole nitrogens is 1. The van der Waals surface area contributed by atoms with Crippen LogP contribution in [0, 0.1) is 20.2 Å². The Kier molecular flexibility index (Phi) is 3.45. The first-order valence-electron chi connectivity index (χ1n) is 9.10. The van der Waals surface area contributed by atoms with Crippen molar-refractivity contribution in [3.05, 3.63) is 94.8 Å². The highest BCUT2D eigenvalue weighted by molar-refractivity contribution is 6.12.